The van der Waals surface area contributed by atoms with Crippen molar-refractivity contribution in [3.05, 3.63) is 50.8 Å². The molecule has 106 valence electrons. The number of rotatable bonds is 4. The van der Waals surface area contributed by atoms with E-state index in [-0.39, 0.29) is 5.91 Å². The average Bonchev–Trinajstić information content (AvgIpc) is 2.71. The second-order valence-electron chi connectivity index (χ2n) is 4.55. The molecule has 0 atom stereocenters. The first-order valence-corrected chi connectivity index (χ1v) is 6.98. The second kappa shape index (κ2) is 6.29. The first kappa shape index (κ1) is 14.9. The van der Waals surface area contributed by atoms with Gasteiger partial charge in [0.25, 0.3) is 5.91 Å². The quantitative estimate of drug-likeness (QED) is 0.910. The third-order valence-corrected chi connectivity index (χ3v) is 3.64. The van der Waals surface area contributed by atoms with Gasteiger partial charge in [0, 0.05) is 22.3 Å². The highest BCUT2D eigenvalue weighted by Crippen LogP contribution is 2.21. The molecule has 4 nitrogen and oxygen atoms in total. The van der Waals surface area contributed by atoms with Crippen LogP contribution in [0.25, 0.3) is 0 Å². The summed E-state index contributed by atoms with van der Waals surface area (Å²) in [5.41, 5.74) is 3.03. The SMILES string of the molecule is Cc1n[nH]c(C)c1C(=O)NCCc1ccc(Cl)cc1Cl. The largest absolute Gasteiger partial charge is 0.352 e. The number of aromatic nitrogens is 2. The zero-order chi connectivity index (χ0) is 14.7. The molecule has 0 aliphatic rings. The van der Waals surface area contributed by atoms with Crippen molar-refractivity contribution in [2.45, 2.75) is 20.3 Å². The summed E-state index contributed by atoms with van der Waals surface area (Å²) in [4.78, 5) is 12.1. The highest BCUT2D eigenvalue weighted by atomic mass is 35.5. The molecule has 0 saturated heterocycles. The van der Waals surface area contributed by atoms with Crippen LogP contribution < -0.4 is 5.32 Å². The third-order valence-electron chi connectivity index (χ3n) is 3.05. The van der Waals surface area contributed by atoms with Gasteiger partial charge < -0.3 is 5.32 Å². The van der Waals surface area contributed by atoms with Gasteiger partial charge in [-0.15, -0.1) is 0 Å². The lowest BCUT2D eigenvalue weighted by Crippen LogP contribution is -2.26. The van der Waals surface area contributed by atoms with E-state index in [0.29, 0.717) is 34.3 Å². The predicted molar refractivity (Wildman–Crippen MR) is 80.6 cm³/mol. The Kier molecular flexibility index (Phi) is 4.68. The van der Waals surface area contributed by atoms with Crippen LogP contribution in [-0.4, -0.2) is 22.6 Å². The topological polar surface area (TPSA) is 57.8 Å². The number of hydrogen-bond acceptors (Lipinski definition) is 2. The molecule has 0 bridgehead atoms. The number of aryl methyl sites for hydroxylation is 2. The van der Waals surface area contributed by atoms with Crippen LogP contribution in [0, 0.1) is 13.8 Å². The molecule has 0 fully saturated rings. The summed E-state index contributed by atoms with van der Waals surface area (Å²) in [7, 11) is 0. The molecule has 0 aliphatic carbocycles. The first-order chi connectivity index (χ1) is 9.49. The second-order valence-corrected chi connectivity index (χ2v) is 5.39. The lowest BCUT2D eigenvalue weighted by molar-refractivity contribution is 0.0953. The fourth-order valence-electron chi connectivity index (χ4n) is 2.01. The molecule has 6 heteroatoms. The van der Waals surface area contributed by atoms with Crippen LogP contribution in [0.5, 0.6) is 0 Å². The summed E-state index contributed by atoms with van der Waals surface area (Å²) < 4.78 is 0. The van der Waals surface area contributed by atoms with E-state index in [1.165, 1.54) is 0 Å². The molecule has 2 aromatic rings. The Morgan fingerprint density at radius 3 is 2.70 bits per heavy atom. The Labute approximate surface area is 127 Å². The number of halogens is 2. The summed E-state index contributed by atoms with van der Waals surface area (Å²) in [6.45, 7) is 4.13. The van der Waals surface area contributed by atoms with Gasteiger partial charge in [-0.25, -0.2) is 0 Å². The summed E-state index contributed by atoms with van der Waals surface area (Å²) in [5.74, 6) is -0.126. The Bertz CT molecular complexity index is 618. The molecule has 0 spiro atoms. The summed E-state index contributed by atoms with van der Waals surface area (Å²) in [6.07, 6.45) is 0.650. The lowest BCUT2D eigenvalue weighted by Gasteiger charge is -2.07. The van der Waals surface area contributed by atoms with Gasteiger partial charge >= 0.3 is 0 Å². The van der Waals surface area contributed by atoms with E-state index in [1.807, 2.05) is 13.0 Å². The third kappa shape index (κ3) is 3.32. The Morgan fingerprint density at radius 1 is 1.35 bits per heavy atom. The number of H-pyrrole nitrogens is 1. The number of amides is 1. The van der Waals surface area contributed by atoms with Gasteiger partial charge in [0.15, 0.2) is 0 Å². The van der Waals surface area contributed by atoms with E-state index in [4.69, 9.17) is 23.2 Å². The van der Waals surface area contributed by atoms with Crippen LogP contribution in [0.1, 0.15) is 27.3 Å². The number of hydrogen-bond donors (Lipinski definition) is 2. The predicted octanol–water partition coefficient (Wildman–Crippen LogP) is 3.31. The molecule has 1 amide bonds. The molecular formula is C14H15Cl2N3O. The van der Waals surface area contributed by atoms with Crippen LogP contribution in [0.2, 0.25) is 10.0 Å². The van der Waals surface area contributed by atoms with Crippen LogP contribution in [0.15, 0.2) is 18.2 Å². The fraction of sp³-hybridized carbons (Fsp3) is 0.286. The minimum atomic E-state index is -0.126. The number of aromatic amines is 1. The Balaban J connectivity index is 1.95. The maximum atomic E-state index is 12.1. The monoisotopic (exact) mass is 311 g/mol. The molecule has 1 heterocycles. The van der Waals surface area contributed by atoms with Crippen molar-refractivity contribution < 1.29 is 4.79 Å². The van der Waals surface area contributed by atoms with Crippen molar-refractivity contribution in [1.29, 1.82) is 0 Å². The van der Waals surface area contributed by atoms with Gasteiger partial charge in [-0.3, -0.25) is 9.89 Å². The molecule has 0 radical (unpaired) electrons. The number of carbonyl (C=O) groups is 1. The van der Waals surface area contributed by atoms with E-state index >= 15 is 0 Å². The zero-order valence-corrected chi connectivity index (χ0v) is 12.8. The van der Waals surface area contributed by atoms with Crippen LogP contribution >= 0.6 is 23.2 Å². The Morgan fingerprint density at radius 2 is 2.10 bits per heavy atom. The first-order valence-electron chi connectivity index (χ1n) is 6.22. The van der Waals surface area contributed by atoms with Crippen molar-refractivity contribution in [2.24, 2.45) is 0 Å². The highest BCUT2D eigenvalue weighted by Gasteiger charge is 2.14. The van der Waals surface area contributed by atoms with Crippen molar-refractivity contribution >= 4 is 29.1 Å². The molecule has 0 unspecified atom stereocenters. The van der Waals surface area contributed by atoms with Gasteiger partial charge in [0.1, 0.15) is 0 Å². The summed E-state index contributed by atoms with van der Waals surface area (Å²) in [5, 5.41) is 10.9. The minimum Gasteiger partial charge on any atom is -0.352 e. The van der Waals surface area contributed by atoms with Gasteiger partial charge in [-0.05, 0) is 38.0 Å². The highest BCUT2D eigenvalue weighted by molar-refractivity contribution is 6.35. The minimum absolute atomic E-state index is 0.126. The van der Waals surface area contributed by atoms with E-state index in [2.05, 4.69) is 15.5 Å². The van der Waals surface area contributed by atoms with Crippen molar-refractivity contribution in [3.63, 3.8) is 0 Å². The van der Waals surface area contributed by atoms with Crippen molar-refractivity contribution in [3.8, 4) is 0 Å². The number of benzene rings is 1. The van der Waals surface area contributed by atoms with Crippen LogP contribution in [-0.2, 0) is 6.42 Å². The van der Waals surface area contributed by atoms with E-state index < -0.39 is 0 Å². The lowest BCUT2D eigenvalue weighted by atomic mass is 10.1. The van der Waals surface area contributed by atoms with E-state index in [0.717, 1.165) is 11.3 Å². The number of nitrogens with zero attached hydrogens (tertiary/aromatic N) is 1. The summed E-state index contributed by atoms with van der Waals surface area (Å²) in [6, 6.07) is 5.35. The standard InChI is InChI=1S/C14H15Cl2N3O/c1-8-13(9(2)19-18-8)14(20)17-6-5-10-3-4-11(15)7-12(10)16/h3-4,7H,5-6H2,1-2H3,(H,17,20)(H,18,19). The van der Waals surface area contributed by atoms with E-state index in [9.17, 15) is 4.79 Å². The number of nitrogens with one attached hydrogen (secondary N) is 2. The molecular weight excluding hydrogens is 297 g/mol. The van der Waals surface area contributed by atoms with Gasteiger partial charge in [0.05, 0.1) is 11.3 Å². The zero-order valence-electron chi connectivity index (χ0n) is 11.3. The smallest absolute Gasteiger partial charge is 0.255 e. The maximum Gasteiger partial charge on any atom is 0.255 e. The molecule has 20 heavy (non-hydrogen) atoms. The molecule has 0 aliphatic heterocycles. The molecule has 2 N–H and O–H groups in total. The van der Waals surface area contributed by atoms with Gasteiger partial charge in [-0.1, -0.05) is 29.3 Å². The fourth-order valence-corrected chi connectivity index (χ4v) is 2.51. The Hall–Kier alpha value is -1.52. The average molecular weight is 312 g/mol. The normalized spacial score (nSPS) is 10.6. The maximum absolute atomic E-state index is 12.1. The van der Waals surface area contributed by atoms with Crippen molar-refractivity contribution in [2.75, 3.05) is 6.54 Å². The molecule has 1 aromatic heterocycles. The molecule has 0 saturated carbocycles. The molecule has 2 rings (SSSR count). The van der Waals surface area contributed by atoms with Crippen LogP contribution in [0.4, 0.5) is 0 Å². The van der Waals surface area contributed by atoms with E-state index in [1.54, 1.807) is 19.1 Å². The van der Waals surface area contributed by atoms with Gasteiger partial charge in [-0.2, -0.15) is 5.10 Å². The molecule has 1 aromatic carbocycles. The number of carbonyl (C=O) groups excluding carboxylic acids is 1. The van der Waals surface area contributed by atoms with Gasteiger partial charge in [0.2, 0.25) is 0 Å². The summed E-state index contributed by atoms with van der Waals surface area (Å²) >= 11 is 11.9. The van der Waals surface area contributed by atoms with Crippen LogP contribution in [0.3, 0.4) is 0 Å². The van der Waals surface area contributed by atoms with Crippen molar-refractivity contribution in [1.82, 2.24) is 15.5 Å².